The van der Waals surface area contributed by atoms with E-state index < -0.39 is 0 Å². The number of aliphatic hydroxyl groups is 1. The van der Waals surface area contributed by atoms with Gasteiger partial charge in [-0.25, -0.2) is 0 Å². The normalized spacial score (nSPS) is 21.6. The topological polar surface area (TPSA) is 37.3 Å². The van der Waals surface area contributed by atoms with E-state index in [2.05, 4.69) is 32.9 Å². The molecule has 0 saturated carbocycles. The molecule has 0 spiro atoms. The van der Waals surface area contributed by atoms with E-state index in [1.807, 2.05) is 0 Å². The van der Waals surface area contributed by atoms with Crippen LogP contribution >= 0.6 is 0 Å². The number of aliphatic hydroxyl groups excluding tert-OH is 1. The Bertz CT molecular complexity index is 346. The smallest absolute Gasteiger partial charge is 0.159 e. The van der Waals surface area contributed by atoms with E-state index in [1.165, 1.54) is 5.57 Å². The summed E-state index contributed by atoms with van der Waals surface area (Å²) in [6.07, 6.45) is 7.08. The van der Waals surface area contributed by atoms with Crippen molar-refractivity contribution in [3.05, 3.63) is 23.3 Å². The molecule has 0 saturated heterocycles. The zero-order chi connectivity index (χ0) is 13.1. The summed E-state index contributed by atoms with van der Waals surface area (Å²) in [6.45, 7) is 8.06. The lowest BCUT2D eigenvalue weighted by Gasteiger charge is -2.10. The van der Waals surface area contributed by atoms with Crippen molar-refractivity contribution in [2.24, 2.45) is 5.41 Å². The van der Waals surface area contributed by atoms with E-state index in [1.54, 1.807) is 6.92 Å². The maximum Gasteiger partial charge on any atom is 0.159 e. The lowest BCUT2D eigenvalue weighted by molar-refractivity contribution is -0.115. The van der Waals surface area contributed by atoms with Crippen molar-refractivity contribution in [1.29, 1.82) is 0 Å². The molecule has 17 heavy (non-hydrogen) atoms. The second kappa shape index (κ2) is 5.63. The van der Waals surface area contributed by atoms with Crippen LogP contribution in [0.3, 0.4) is 0 Å². The van der Waals surface area contributed by atoms with Crippen molar-refractivity contribution in [3.8, 4) is 0 Å². The number of Topliss-reactive ketones (excluding diaryl/α,β-unsaturated/α-hetero) is 1. The fourth-order valence-electron chi connectivity index (χ4n) is 2.22. The van der Waals surface area contributed by atoms with Crippen LogP contribution in [0.1, 0.15) is 53.4 Å². The first kappa shape index (κ1) is 14.2. The monoisotopic (exact) mass is 236 g/mol. The molecule has 2 nitrogen and oxygen atoms in total. The van der Waals surface area contributed by atoms with Crippen molar-refractivity contribution in [2.75, 3.05) is 0 Å². The van der Waals surface area contributed by atoms with Crippen LogP contribution < -0.4 is 0 Å². The molecule has 0 fully saturated rings. The highest BCUT2D eigenvalue weighted by Crippen LogP contribution is 2.34. The highest BCUT2D eigenvalue weighted by atomic mass is 16.3. The molecule has 96 valence electrons. The third-order valence-corrected chi connectivity index (χ3v) is 3.09. The molecule has 0 heterocycles. The number of ketones is 1. The number of hydrogen-bond donors (Lipinski definition) is 1. The Morgan fingerprint density at radius 3 is 2.71 bits per heavy atom. The number of carbonyl (C=O) groups is 1. The van der Waals surface area contributed by atoms with E-state index in [0.717, 1.165) is 24.8 Å². The Hall–Kier alpha value is -0.890. The van der Waals surface area contributed by atoms with Gasteiger partial charge in [0.2, 0.25) is 0 Å². The van der Waals surface area contributed by atoms with Gasteiger partial charge in [0.1, 0.15) is 0 Å². The fraction of sp³-hybridized carbons (Fsp3) is 0.667. The second-order valence-corrected chi connectivity index (χ2v) is 5.91. The van der Waals surface area contributed by atoms with Crippen molar-refractivity contribution < 1.29 is 9.90 Å². The molecule has 1 atom stereocenters. The van der Waals surface area contributed by atoms with Gasteiger partial charge in [-0.2, -0.15) is 0 Å². The number of carbonyl (C=O) groups excluding carboxylic acids is 1. The van der Waals surface area contributed by atoms with Crippen molar-refractivity contribution >= 4 is 5.78 Å². The van der Waals surface area contributed by atoms with Crippen molar-refractivity contribution in [3.63, 3.8) is 0 Å². The van der Waals surface area contributed by atoms with E-state index in [0.29, 0.717) is 12.2 Å². The minimum atomic E-state index is -0.245. The Morgan fingerprint density at radius 1 is 1.59 bits per heavy atom. The SMILES string of the molecule is C/C(=C/CC[C@H](C)O)CC1=CC(C)(C)CC1=O. The summed E-state index contributed by atoms with van der Waals surface area (Å²) >= 11 is 0. The molecular weight excluding hydrogens is 212 g/mol. The van der Waals surface area contributed by atoms with Gasteiger partial charge in [-0.3, -0.25) is 4.79 Å². The Labute approximate surface area is 104 Å². The van der Waals surface area contributed by atoms with Gasteiger partial charge in [-0.15, -0.1) is 0 Å². The van der Waals surface area contributed by atoms with Crippen molar-refractivity contribution in [1.82, 2.24) is 0 Å². The number of rotatable bonds is 5. The minimum absolute atomic E-state index is 0.0340. The molecule has 0 unspecified atom stereocenters. The maximum absolute atomic E-state index is 11.8. The van der Waals surface area contributed by atoms with E-state index in [9.17, 15) is 4.79 Å². The van der Waals surface area contributed by atoms with Gasteiger partial charge in [0.25, 0.3) is 0 Å². The van der Waals surface area contributed by atoms with Crippen molar-refractivity contribution in [2.45, 2.75) is 59.5 Å². The van der Waals surface area contributed by atoms with Crippen LogP contribution in [-0.4, -0.2) is 17.0 Å². The maximum atomic E-state index is 11.8. The lowest BCUT2D eigenvalue weighted by atomic mass is 9.93. The molecule has 1 aliphatic carbocycles. The summed E-state index contributed by atoms with van der Waals surface area (Å²) in [7, 11) is 0. The summed E-state index contributed by atoms with van der Waals surface area (Å²) in [5.41, 5.74) is 2.22. The first-order valence-electron chi connectivity index (χ1n) is 6.39. The first-order valence-corrected chi connectivity index (χ1v) is 6.39. The van der Waals surface area contributed by atoms with Crippen LogP contribution in [0.25, 0.3) is 0 Å². The standard InChI is InChI=1S/C15H24O2/c1-11(6-5-7-12(2)16)8-13-9-15(3,4)10-14(13)17/h6,9,12,16H,5,7-8,10H2,1-4H3/b11-6-/t12-/m0/s1. The van der Waals surface area contributed by atoms with Gasteiger partial charge >= 0.3 is 0 Å². The summed E-state index contributed by atoms with van der Waals surface area (Å²) in [5, 5.41) is 9.17. The van der Waals surface area contributed by atoms with Crippen LogP contribution in [-0.2, 0) is 4.79 Å². The molecule has 1 rings (SSSR count). The number of allylic oxidation sites excluding steroid dienone is 4. The largest absolute Gasteiger partial charge is 0.393 e. The summed E-state index contributed by atoms with van der Waals surface area (Å²) in [5.74, 6) is 0.290. The van der Waals surface area contributed by atoms with E-state index >= 15 is 0 Å². The molecule has 0 aromatic carbocycles. The minimum Gasteiger partial charge on any atom is -0.393 e. The fourth-order valence-corrected chi connectivity index (χ4v) is 2.22. The van der Waals surface area contributed by atoms with Gasteiger partial charge in [-0.05, 0) is 44.1 Å². The molecule has 0 radical (unpaired) electrons. The summed E-state index contributed by atoms with van der Waals surface area (Å²) < 4.78 is 0. The van der Waals surface area contributed by atoms with E-state index in [4.69, 9.17) is 5.11 Å². The van der Waals surface area contributed by atoms with Crippen LogP contribution in [0.2, 0.25) is 0 Å². The Balaban J connectivity index is 2.52. The van der Waals surface area contributed by atoms with Crippen LogP contribution in [0.15, 0.2) is 23.3 Å². The molecule has 1 aliphatic rings. The highest BCUT2D eigenvalue weighted by molar-refractivity contribution is 5.98. The quantitative estimate of drug-likeness (QED) is 0.743. The molecule has 1 N–H and O–H groups in total. The molecule has 0 amide bonds. The third kappa shape index (κ3) is 4.86. The summed E-state index contributed by atoms with van der Waals surface area (Å²) in [6, 6.07) is 0. The summed E-state index contributed by atoms with van der Waals surface area (Å²) in [4.78, 5) is 11.8. The predicted molar refractivity (Wildman–Crippen MR) is 70.8 cm³/mol. The highest BCUT2D eigenvalue weighted by Gasteiger charge is 2.29. The predicted octanol–water partition coefficient (Wildman–Crippen LogP) is 3.41. The van der Waals surface area contributed by atoms with Crippen LogP contribution in [0.4, 0.5) is 0 Å². The van der Waals surface area contributed by atoms with Gasteiger partial charge in [0, 0.05) is 6.42 Å². The zero-order valence-electron chi connectivity index (χ0n) is 11.4. The molecule has 2 heteroatoms. The molecule has 0 aromatic rings. The molecule has 0 bridgehead atoms. The van der Waals surface area contributed by atoms with Gasteiger partial charge in [0.15, 0.2) is 5.78 Å². The number of hydrogen-bond acceptors (Lipinski definition) is 2. The molecule has 0 aromatic heterocycles. The average molecular weight is 236 g/mol. The first-order chi connectivity index (χ1) is 7.80. The molecule has 0 aliphatic heterocycles. The third-order valence-electron chi connectivity index (χ3n) is 3.09. The second-order valence-electron chi connectivity index (χ2n) is 5.91. The van der Waals surface area contributed by atoms with Gasteiger partial charge in [-0.1, -0.05) is 31.6 Å². The van der Waals surface area contributed by atoms with Gasteiger partial charge < -0.3 is 5.11 Å². The van der Waals surface area contributed by atoms with E-state index in [-0.39, 0.29) is 11.5 Å². The van der Waals surface area contributed by atoms with Gasteiger partial charge in [0.05, 0.1) is 6.10 Å². The zero-order valence-corrected chi connectivity index (χ0v) is 11.4. The van der Waals surface area contributed by atoms with Crippen LogP contribution in [0, 0.1) is 5.41 Å². The van der Waals surface area contributed by atoms with Crippen LogP contribution in [0.5, 0.6) is 0 Å². The Kier molecular flexibility index (Phi) is 4.70. The average Bonchev–Trinajstić information content (AvgIpc) is 2.38. The molecular formula is C15H24O2. The Morgan fingerprint density at radius 2 is 2.24 bits per heavy atom. The lowest BCUT2D eigenvalue weighted by Crippen LogP contribution is -2.05.